The molecule has 2 aromatic carbocycles. The Kier molecular flexibility index (Phi) is 5.65. The molecule has 3 aromatic rings. The first-order valence-corrected chi connectivity index (χ1v) is 10.8. The van der Waals surface area contributed by atoms with Gasteiger partial charge in [-0.2, -0.15) is 0 Å². The Hall–Kier alpha value is -3.39. The Balaban J connectivity index is 1.69. The number of carbonyl (C=O) groups is 2. The molecular weight excluding hydrogens is 414 g/mol. The standard InChI is InChI=1S/C23H21N3O4S/c1-3-15(2)25-22(27)21(31-23(25)28)12-17-14-24(20-7-5-4-6-19(17)20)13-16-8-10-18(11-9-16)26(29)30/h4-12,14-15H,3,13H2,1-2H3/b21-12+/t15-/m1/s1. The number of amides is 2. The minimum atomic E-state index is -0.417. The zero-order valence-corrected chi connectivity index (χ0v) is 18.0. The molecule has 1 aromatic heterocycles. The normalized spacial score (nSPS) is 16.5. The lowest BCUT2D eigenvalue weighted by molar-refractivity contribution is -0.384. The molecule has 1 aliphatic heterocycles. The number of carbonyl (C=O) groups excluding carboxylic acids is 2. The molecule has 0 saturated carbocycles. The van der Waals surface area contributed by atoms with Gasteiger partial charge in [0, 0.05) is 47.4 Å². The SMILES string of the molecule is CC[C@@H](C)N1C(=O)S/C(=C/c2cn(Cc3ccc([N+](=O)[O-])cc3)c3ccccc23)C1=O. The number of nitro groups is 1. The van der Waals surface area contributed by atoms with Gasteiger partial charge in [0.2, 0.25) is 0 Å². The maximum absolute atomic E-state index is 12.8. The number of nitro benzene ring substituents is 1. The number of benzene rings is 2. The number of aromatic nitrogens is 1. The highest BCUT2D eigenvalue weighted by Crippen LogP contribution is 2.35. The quantitative estimate of drug-likeness (QED) is 0.293. The van der Waals surface area contributed by atoms with E-state index < -0.39 is 4.92 Å². The second-order valence-corrected chi connectivity index (χ2v) is 8.46. The fourth-order valence-corrected chi connectivity index (χ4v) is 4.55. The number of hydrogen-bond acceptors (Lipinski definition) is 5. The highest BCUT2D eigenvalue weighted by atomic mass is 32.2. The summed E-state index contributed by atoms with van der Waals surface area (Å²) in [5, 5.41) is 11.6. The predicted octanol–water partition coefficient (Wildman–Crippen LogP) is 5.43. The van der Waals surface area contributed by atoms with E-state index in [4.69, 9.17) is 0 Å². The summed E-state index contributed by atoms with van der Waals surface area (Å²) in [6, 6.07) is 14.2. The number of thioether (sulfide) groups is 1. The van der Waals surface area contributed by atoms with Crippen LogP contribution in [0.1, 0.15) is 31.4 Å². The van der Waals surface area contributed by atoms with Crippen LogP contribution in [0.3, 0.4) is 0 Å². The fraction of sp³-hybridized carbons (Fsp3) is 0.217. The van der Waals surface area contributed by atoms with Gasteiger partial charge in [0.15, 0.2) is 0 Å². The van der Waals surface area contributed by atoms with Crippen molar-refractivity contribution >= 4 is 45.6 Å². The van der Waals surface area contributed by atoms with Gasteiger partial charge in [-0.3, -0.25) is 24.6 Å². The molecule has 4 rings (SSSR count). The van der Waals surface area contributed by atoms with Crippen LogP contribution < -0.4 is 0 Å². The van der Waals surface area contributed by atoms with Gasteiger partial charge in [-0.05, 0) is 42.8 Å². The van der Waals surface area contributed by atoms with Crippen LogP contribution >= 0.6 is 11.8 Å². The van der Waals surface area contributed by atoms with Gasteiger partial charge in [-0.1, -0.05) is 37.3 Å². The molecule has 8 heteroatoms. The maximum atomic E-state index is 12.8. The number of rotatable bonds is 6. The average Bonchev–Trinajstić information content (AvgIpc) is 3.24. The summed E-state index contributed by atoms with van der Waals surface area (Å²) in [7, 11) is 0. The highest BCUT2D eigenvalue weighted by Gasteiger charge is 2.37. The number of fused-ring (bicyclic) bond motifs is 1. The lowest BCUT2D eigenvalue weighted by atomic mass is 10.1. The van der Waals surface area contributed by atoms with Crippen molar-refractivity contribution in [2.75, 3.05) is 0 Å². The number of para-hydroxylation sites is 1. The third-order valence-electron chi connectivity index (χ3n) is 5.46. The first kappa shape index (κ1) is 20.9. The van der Waals surface area contributed by atoms with Crippen LogP contribution in [0.2, 0.25) is 0 Å². The van der Waals surface area contributed by atoms with Crippen LogP contribution in [0.5, 0.6) is 0 Å². The smallest absolute Gasteiger partial charge is 0.293 e. The number of hydrogen-bond donors (Lipinski definition) is 0. The zero-order chi connectivity index (χ0) is 22.1. The fourth-order valence-electron chi connectivity index (χ4n) is 3.62. The first-order valence-electron chi connectivity index (χ1n) is 9.97. The molecule has 7 nitrogen and oxygen atoms in total. The zero-order valence-electron chi connectivity index (χ0n) is 17.1. The molecule has 0 aliphatic carbocycles. The van der Waals surface area contributed by atoms with E-state index in [0.717, 1.165) is 33.8 Å². The van der Waals surface area contributed by atoms with Gasteiger partial charge in [0.05, 0.1) is 9.83 Å². The van der Waals surface area contributed by atoms with Gasteiger partial charge < -0.3 is 4.57 Å². The molecule has 2 amide bonds. The van der Waals surface area contributed by atoms with Crippen molar-refractivity contribution in [1.82, 2.24) is 9.47 Å². The second kappa shape index (κ2) is 8.39. The number of nitrogens with zero attached hydrogens (tertiary/aromatic N) is 3. The van der Waals surface area contributed by atoms with E-state index in [-0.39, 0.29) is 22.9 Å². The van der Waals surface area contributed by atoms with E-state index in [1.54, 1.807) is 18.2 Å². The molecule has 0 radical (unpaired) electrons. The third-order valence-corrected chi connectivity index (χ3v) is 6.34. The Morgan fingerprint density at radius 1 is 1.13 bits per heavy atom. The van der Waals surface area contributed by atoms with Gasteiger partial charge in [0.1, 0.15) is 0 Å². The van der Waals surface area contributed by atoms with Crippen LogP contribution in [0.25, 0.3) is 17.0 Å². The van der Waals surface area contributed by atoms with E-state index in [9.17, 15) is 19.7 Å². The monoisotopic (exact) mass is 435 g/mol. The van der Waals surface area contributed by atoms with E-state index in [1.165, 1.54) is 17.0 Å². The van der Waals surface area contributed by atoms with Crippen molar-refractivity contribution in [2.45, 2.75) is 32.9 Å². The van der Waals surface area contributed by atoms with E-state index in [2.05, 4.69) is 0 Å². The molecule has 31 heavy (non-hydrogen) atoms. The molecule has 1 saturated heterocycles. The van der Waals surface area contributed by atoms with Gasteiger partial charge in [-0.25, -0.2) is 0 Å². The lowest BCUT2D eigenvalue weighted by Gasteiger charge is -2.19. The molecular formula is C23H21N3O4S. The minimum absolute atomic E-state index is 0.0545. The topological polar surface area (TPSA) is 85.4 Å². The summed E-state index contributed by atoms with van der Waals surface area (Å²) in [4.78, 5) is 37.4. The second-order valence-electron chi connectivity index (χ2n) is 7.46. The van der Waals surface area contributed by atoms with Gasteiger partial charge in [0.25, 0.3) is 16.8 Å². The predicted molar refractivity (Wildman–Crippen MR) is 122 cm³/mol. The van der Waals surface area contributed by atoms with Crippen molar-refractivity contribution in [1.29, 1.82) is 0 Å². The molecule has 0 unspecified atom stereocenters. The summed E-state index contributed by atoms with van der Waals surface area (Å²) in [6.45, 7) is 4.35. The Morgan fingerprint density at radius 2 is 1.84 bits per heavy atom. The summed E-state index contributed by atoms with van der Waals surface area (Å²) >= 11 is 0.972. The van der Waals surface area contributed by atoms with Crippen molar-refractivity contribution in [3.63, 3.8) is 0 Å². The molecule has 158 valence electrons. The van der Waals surface area contributed by atoms with Crippen molar-refractivity contribution in [2.24, 2.45) is 0 Å². The van der Waals surface area contributed by atoms with E-state index in [0.29, 0.717) is 17.9 Å². The van der Waals surface area contributed by atoms with Crippen LogP contribution in [0.15, 0.2) is 59.6 Å². The summed E-state index contributed by atoms with van der Waals surface area (Å²) in [6.07, 6.45) is 4.44. The van der Waals surface area contributed by atoms with Gasteiger partial charge in [-0.15, -0.1) is 0 Å². The Bertz CT molecular complexity index is 1210. The van der Waals surface area contributed by atoms with Crippen LogP contribution in [0, 0.1) is 10.1 Å². The maximum Gasteiger partial charge on any atom is 0.293 e. The van der Waals surface area contributed by atoms with E-state index in [1.807, 2.05) is 48.9 Å². The molecule has 2 heterocycles. The van der Waals surface area contributed by atoms with Crippen molar-refractivity contribution in [3.05, 3.63) is 80.9 Å². The van der Waals surface area contributed by atoms with E-state index >= 15 is 0 Å². The summed E-state index contributed by atoms with van der Waals surface area (Å²) in [5.74, 6) is -0.253. The molecule has 1 atom stereocenters. The van der Waals surface area contributed by atoms with Gasteiger partial charge >= 0.3 is 0 Å². The summed E-state index contributed by atoms with van der Waals surface area (Å²) in [5.41, 5.74) is 2.81. The number of non-ortho nitro benzene ring substituents is 1. The molecule has 1 fully saturated rings. The largest absolute Gasteiger partial charge is 0.342 e. The lowest BCUT2D eigenvalue weighted by Crippen LogP contribution is -2.36. The summed E-state index contributed by atoms with van der Waals surface area (Å²) < 4.78 is 2.04. The Morgan fingerprint density at radius 3 is 2.52 bits per heavy atom. The third kappa shape index (κ3) is 3.98. The van der Waals surface area contributed by atoms with Crippen molar-refractivity contribution < 1.29 is 14.5 Å². The Labute approximate surface area is 183 Å². The molecule has 0 N–H and O–H groups in total. The van der Waals surface area contributed by atoms with Crippen molar-refractivity contribution in [3.8, 4) is 0 Å². The van der Waals surface area contributed by atoms with Crippen LogP contribution in [-0.4, -0.2) is 31.6 Å². The van der Waals surface area contributed by atoms with Crippen LogP contribution in [-0.2, 0) is 11.3 Å². The minimum Gasteiger partial charge on any atom is -0.342 e. The first-order chi connectivity index (χ1) is 14.9. The number of imide groups is 1. The average molecular weight is 436 g/mol. The molecule has 0 spiro atoms. The highest BCUT2D eigenvalue weighted by molar-refractivity contribution is 8.18. The molecule has 1 aliphatic rings. The molecule has 0 bridgehead atoms. The van der Waals surface area contributed by atoms with Crippen LogP contribution in [0.4, 0.5) is 10.5 Å².